The number of carboxylic acid groups (broad SMARTS) is 1. The van der Waals surface area contributed by atoms with E-state index in [9.17, 15) is 14.4 Å². The van der Waals surface area contributed by atoms with Gasteiger partial charge in [0.2, 0.25) is 0 Å². The molecule has 1 N–H and O–H groups in total. The van der Waals surface area contributed by atoms with Gasteiger partial charge in [0, 0.05) is 16.7 Å². The zero-order chi connectivity index (χ0) is 19.1. The van der Waals surface area contributed by atoms with Crippen LogP contribution in [-0.4, -0.2) is 36.2 Å². The summed E-state index contributed by atoms with van der Waals surface area (Å²) in [5.74, 6) is -1.62. The van der Waals surface area contributed by atoms with E-state index in [1.54, 1.807) is 13.8 Å². The van der Waals surface area contributed by atoms with Gasteiger partial charge in [-0.15, -0.1) is 0 Å². The number of carbonyl (C=O) groups excluding carboxylic acids is 2. The number of aliphatic carboxylic acids is 1. The predicted octanol–water partition coefficient (Wildman–Crippen LogP) is 3.43. The summed E-state index contributed by atoms with van der Waals surface area (Å²) in [4.78, 5) is 31.7. The van der Waals surface area contributed by atoms with Gasteiger partial charge in [0.15, 0.2) is 0 Å². The molecule has 6 heteroatoms. The molecule has 0 spiro atoms. The maximum absolute atomic E-state index is 11.0. The monoisotopic (exact) mass is 340 g/mol. The lowest BCUT2D eigenvalue weighted by Crippen LogP contribution is -2.07. The van der Waals surface area contributed by atoms with Crippen molar-refractivity contribution in [3.05, 3.63) is 36.5 Å². The average Bonchev–Trinajstić information content (AvgIpc) is 2.49. The molecule has 0 aromatic rings. The molecule has 0 rings (SSSR count). The van der Waals surface area contributed by atoms with Crippen LogP contribution < -0.4 is 0 Å². The number of hydrogen-bond donors (Lipinski definition) is 1. The first kappa shape index (κ1) is 23.9. The van der Waals surface area contributed by atoms with Crippen LogP contribution in [0.4, 0.5) is 0 Å². The maximum atomic E-state index is 11.0. The Morgan fingerprint density at radius 3 is 1.21 bits per heavy atom. The molecule has 0 amide bonds. The number of ether oxygens (including phenoxy) is 2. The highest BCUT2D eigenvalue weighted by molar-refractivity contribution is 5.87. The lowest BCUT2D eigenvalue weighted by Gasteiger charge is -2.05. The molecular formula is C18H28O6. The first-order valence-corrected chi connectivity index (χ1v) is 7.63. The summed E-state index contributed by atoms with van der Waals surface area (Å²) in [5.41, 5.74) is 1.01. The number of unbranched alkanes of at least 4 members (excludes halogenated alkanes) is 3. The molecule has 0 aromatic heterocycles. The largest absolute Gasteiger partial charge is 0.478 e. The Bertz CT molecular complexity index is 432. The molecule has 0 radical (unpaired) electrons. The number of esters is 2. The molecule has 0 bridgehead atoms. The van der Waals surface area contributed by atoms with Gasteiger partial charge < -0.3 is 14.6 Å². The zero-order valence-electron chi connectivity index (χ0n) is 14.9. The molecule has 0 saturated heterocycles. The van der Waals surface area contributed by atoms with Crippen molar-refractivity contribution in [2.45, 2.75) is 46.5 Å². The van der Waals surface area contributed by atoms with Crippen LogP contribution in [0.2, 0.25) is 0 Å². The van der Waals surface area contributed by atoms with Gasteiger partial charge in [-0.2, -0.15) is 0 Å². The van der Waals surface area contributed by atoms with Crippen LogP contribution >= 0.6 is 0 Å². The predicted molar refractivity (Wildman–Crippen MR) is 92.5 cm³/mol. The molecule has 0 saturated carbocycles. The lowest BCUT2D eigenvalue weighted by atomic mass is 10.2. The molecule has 0 aliphatic rings. The quantitative estimate of drug-likeness (QED) is 0.372. The fourth-order valence-electron chi connectivity index (χ4n) is 1.13. The molecular weight excluding hydrogens is 312 g/mol. The minimum atomic E-state index is -0.935. The Morgan fingerprint density at radius 2 is 1.00 bits per heavy atom. The van der Waals surface area contributed by atoms with Gasteiger partial charge in [0.1, 0.15) is 0 Å². The molecule has 0 atom stereocenters. The summed E-state index contributed by atoms with van der Waals surface area (Å²) in [6.07, 6.45) is 3.50. The normalized spacial score (nSPS) is 9.12. The zero-order valence-corrected chi connectivity index (χ0v) is 14.9. The second-order valence-electron chi connectivity index (χ2n) is 5.33. The summed E-state index contributed by atoms with van der Waals surface area (Å²) >= 11 is 0. The molecule has 0 fully saturated rings. The van der Waals surface area contributed by atoms with E-state index in [4.69, 9.17) is 14.6 Å². The van der Waals surface area contributed by atoms with Crippen molar-refractivity contribution in [2.75, 3.05) is 13.2 Å². The first-order chi connectivity index (χ1) is 11.1. The second kappa shape index (κ2) is 14.2. The van der Waals surface area contributed by atoms with Gasteiger partial charge in [0.25, 0.3) is 0 Å². The van der Waals surface area contributed by atoms with Crippen molar-refractivity contribution in [1.82, 2.24) is 0 Å². The van der Waals surface area contributed by atoms with Crippen LogP contribution in [0.15, 0.2) is 36.5 Å². The number of carboxylic acids is 1. The Hall–Kier alpha value is -2.37. The minimum absolute atomic E-state index is 0.176. The molecule has 0 aliphatic heterocycles. The van der Waals surface area contributed by atoms with Crippen molar-refractivity contribution in [2.24, 2.45) is 0 Å². The molecule has 0 heterocycles. The van der Waals surface area contributed by atoms with Gasteiger partial charge >= 0.3 is 17.9 Å². The first-order valence-electron chi connectivity index (χ1n) is 7.63. The van der Waals surface area contributed by atoms with E-state index in [0.717, 1.165) is 25.7 Å². The van der Waals surface area contributed by atoms with Crippen LogP contribution in [0, 0.1) is 0 Å². The lowest BCUT2D eigenvalue weighted by molar-refractivity contribution is -0.140. The SMILES string of the molecule is C=C(C)C(=O)O.C=C(C)C(=O)OCCCCCCOC(=O)C(=C)C. The minimum Gasteiger partial charge on any atom is -0.478 e. The third kappa shape index (κ3) is 16.0. The van der Waals surface area contributed by atoms with Crippen molar-refractivity contribution >= 4 is 17.9 Å². The Labute approximate surface area is 143 Å². The molecule has 6 nitrogen and oxygen atoms in total. The van der Waals surface area contributed by atoms with Gasteiger partial charge in [-0.05, 0) is 46.5 Å². The summed E-state index contributed by atoms with van der Waals surface area (Å²) in [6, 6.07) is 0. The standard InChI is InChI=1S/C14H22O4.C4H6O2/c1-11(2)13(15)17-9-7-5-6-8-10-18-14(16)12(3)4;1-3(2)4(5)6/h1,3,5-10H2,2,4H3;1H2,2H3,(H,5,6). The molecule has 0 aliphatic carbocycles. The molecule has 24 heavy (non-hydrogen) atoms. The van der Waals surface area contributed by atoms with Gasteiger partial charge in [-0.25, -0.2) is 14.4 Å². The van der Waals surface area contributed by atoms with Crippen LogP contribution in [0.25, 0.3) is 0 Å². The highest BCUT2D eigenvalue weighted by atomic mass is 16.5. The molecule has 0 unspecified atom stereocenters. The Kier molecular flexibility index (Phi) is 14.2. The van der Waals surface area contributed by atoms with Crippen LogP contribution in [-0.2, 0) is 23.9 Å². The number of carbonyl (C=O) groups is 3. The second-order valence-corrected chi connectivity index (χ2v) is 5.33. The smallest absolute Gasteiger partial charge is 0.333 e. The van der Waals surface area contributed by atoms with Crippen molar-refractivity contribution in [3.63, 3.8) is 0 Å². The highest BCUT2D eigenvalue weighted by Gasteiger charge is 2.03. The van der Waals surface area contributed by atoms with E-state index in [1.807, 2.05) is 0 Å². The maximum Gasteiger partial charge on any atom is 0.333 e. The Balaban J connectivity index is 0. The number of hydrogen-bond acceptors (Lipinski definition) is 5. The van der Waals surface area contributed by atoms with Crippen LogP contribution in [0.5, 0.6) is 0 Å². The molecule has 136 valence electrons. The van der Waals surface area contributed by atoms with Crippen LogP contribution in [0.1, 0.15) is 46.5 Å². The highest BCUT2D eigenvalue weighted by Crippen LogP contribution is 2.03. The van der Waals surface area contributed by atoms with Gasteiger partial charge in [-0.1, -0.05) is 19.7 Å². The fourth-order valence-corrected chi connectivity index (χ4v) is 1.13. The fraction of sp³-hybridized carbons (Fsp3) is 0.500. The van der Waals surface area contributed by atoms with Crippen molar-refractivity contribution in [3.8, 4) is 0 Å². The van der Waals surface area contributed by atoms with E-state index in [1.165, 1.54) is 6.92 Å². The third-order valence-corrected chi connectivity index (χ3v) is 2.57. The third-order valence-electron chi connectivity index (χ3n) is 2.57. The molecule has 0 aromatic carbocycles. The summed E-state index contributed by atoms with van der Waals surface area (Å²) in [7, 11) is 0. The van der Waals surface area contributed by atoms with E-state index >= 15 is 0 Å². The topological polar surface area (TPSA) is 89.9 Å². The van der Waals surface area contributed by atoms with Crippen LogP contribution in [0.3, 0.4) is 0 Å². The van der Waals surface area contributed by atoms with Gasteiger partial charge in [0.05, 0.1) is 13.2 Å². The van der Waals surface area contributed by atoms with E-state index in [0.29, 0.717) is 24.4 Å². The van der Waals surface area contributed by atoms with Crippen molar-refractivity contribution in [1.29, 1.82) is 0 Å². The van der Waals surface area contributed by atoms with Crippen molar-refractivity contribution < 1.29 is 29.0 Å². The van der Waals surface area contributed by atoms with E-state index in [-0.39, 0.29) is 17.5 Å². The average molecular weight is 340 g/mol. The van der Waals surface area contributed by atoms with E-state index in [2.05, 4.69) is 19.7 Å². The number of rotatable bonds is 10. The summed E-state index contributed by atoms with van der Waals surface area (Å²) in [6.45, 7) is 15.7. The summed E-state index contributed by atoms with van der Waals surface area (Å²) < 4.78 is 9.89. The van der Waals surface area contributed by atoms with Gasteiger partial charge in [-0.3, -0.25) is 0 Å². The summed E-state index contributed by atoms with van der Waals surface area (Å²) in [5, 5.41) is 7.89. The Morgan fingerprint density at radius 1 is 0.708 bits per heavy atom. The van der Waals surface area contributed by atoms with E-state index < -0.39 is 5.97 Å².